The summed E-state index contributed by atoms with van der Waals surface area (Å²) in [6.07, 6.45) is -0.0303. The zero-order valence-electron chi connectivity index (χ0n) is 15.2. The summed E-state index contributed by atoms with van der Waals surface area (Å²) in [5.41, 5.74) is 3.92. The molecule has 0 N–H and O–H groups in total. The Balaban J connectivity index is 2.14. The van der Waals surface area contributed by atoms with Crippen molar-refractivity contribution in [3.05, 3.63) is 59.2 Å². The Morgan fingerprint density at radius 3 is 2.16 bits per heavy atom. The van der Waals surface area contributed by atoms with Gasteiger partial charge in [0, 0.05) is 18.7 Å². The molecule has 0 bridgehead atoms. The van der Waals surface area contributed by atoms with Crippen LogP contribution in [0.5, 0.6) is 0 Å². The molecule has 0 saturated heterocycles. The van der Waals surface area contributed by atoms with Gasteiger partial charge in [0.05, 0.1) is 10.6 Å². The van der Waals surface area contributed by atoms with Crippen LogP contribution < -0.4 is 4.90 Å². The van der Waals surface area contributed by atoms with E-state index >= 15 is 0 Å². The average Bonchev–Trinajstić information content (AvgIpc) is 2.57. The summed E-state index contributed by atoms with van der Waals surface area (Å²) in [6.45, 7) is 8.24. The quantitative estimate of drug-likeness (QED) is 0.788. The van der Waals surface area contributed by atoms with Gasteiger partial charge in [0.2, 0.25) is 5.91 Å². The highest BCUT2D eigenvalue weighted by Gasteiger charge is 2.21. The average molecular weight is 359 g/mol. The van der Waals surface area contributed by atoms with E-state index in [1.807, 2.05) is 45.9 Å². The third-order valence-electron chi connectivity index (χ3n) is 4.24. The summed E-state index contributed by atoms with van der Waals surface area (Å²) in [7, 11) is -3.46. The van der Waals surface area contributed by atoms with Gasteiger partial charge in [0.15, 0.2) is 9.84 Å². The van der Waals surface area contributed by atoms with E-state index in [1.165, 1.54) is 0 Å². The van der Waals surface area contributed by atoms with Crippen LogP contribution in [0, 0.1) is 20.8 Å². The summed E-state index contributed by atoms with van der Waals surface area (Å²) >= 11 is 0. The third kappa shape index (κ3) is 4.69. The Morgan fingerprint density at radius 2 is 1.56 bits per heavy atom. The first-order valence-corrected chi connectivity index (χ1v) is 10.1. The second kappa shape index (κ2) is 7.83. The number of carbonyl (C=O) groups is 1. The minimum Gasteiger partial charge on any atom is -0.312 e. The van der Waals surface area contributed by atoms with E-state index in [-0.39, 0.29) is 23.0 Å². The maximum atomic E-state index is 12.6. The van der Waals surface area contributed by atoms with Gasteiger partial charge in [-0.1, -0.05) is 29.8 Å². The van der Waals surface area contributed by atoms with Crippen molar-refractivity contribution in [1.29, 1.82) is 0 Å². The van der Waals surface area contributed by atoms with Gasteiger partial charge in [-0.05, 0) is 57.0 Å². The maximum absolute atomic E-state index is 12.6. The monoisotopic (exact) mass is 359 g/mol. The molecule has 1 amide bonds. The Morgan fingerprint density at radius 1 is 0.960 bits per heavy atom. The van der Waals surface area contributed by atoms with Gasteiger partial charge in [-0.2, -0.15) is 0 Å². The first kappa shape index (κ1) is 19.2. The van der Waals surface area contributed by atoms with Crippen LogP contribution in [0.2, 0.25) is 0 Å². The second-order valence-electron chi connectivity index (χ2n) is 6.31. The lowest BCUT2D eigenvalue weighted by atomic mass is 10.1. The van der Waals surface area contributed by atoms with Crippen molar-refractivity contribution >= 4 is 21.4 Å². The number of aryl methyl sites for hydroxylation is 3. The SMILES string of the molecule is CCN(C(=O)CCS(=O)(=O)c1ccc(C)cc1)c1cc(C)ccc1C. The molecule has 0 aromatic heterocycles. The fraction of sp³-hybridized carbons (Fsp3) is 0.350. The van der Waals surface area contributed by atoms with Gasteiger partial charge in [-0.25, -0.2) is 8.42 Å². The van der Waals surface area contributed by atoms with Crippen LogP contribution in [0.4, 0.5) is 5.69 Å². The minimum absolute atomic E-state index is 0.0303. The molecule has 5 heteroatoms. The molecule has 25 heavy (non-hydrogen) atoms. The smallest absolute Gasteiger partial charge is 0.228 e. The summed E-state index contributed by atoms with van der Waals surface area (Å²) in [5.74, 6) is -0.358. The van der Waals surface area contributed by atoms with Crippen LogP contribution in [-0.4, -0.2) is 26.6 Å². The Hall–Kier alpha value is -2.14. The lowest BCUT2D eigenvalue weighted by molar-refractivity contribution is -0.118. The first-order valence-electron chi connectivity index (χ1n) is 8.41. The van der Waals surface area contributed by atoms with E-state index in [4.69, 9.17) is 0 Å². The second-order valence-corrected chi connectivity index (χ2v) is 8.42. The van der Waals surface area contributed by atoms with E-state index in [0.29, 0.717) is 6.54 Å². The highest BCUT2D eigenvalue weighted by molar-refractivity contribution is 7.91. The van der Waals surface area contributed by atoms with Gasteiger partial charge >= 0.3 is 0 Å². The van der Waals surface area contributed by atoms with E-state index < -0.39 is 9.84 Å². The molecule has 0 atom stereocenters. The van der Waals surface area contributed by atoms with Crippen molar-refractivity contribution in [2.75, 3.05) is 17.2 Å². The first-order chi connectivity index (χ1) is 11.7. The number of hydrogen-bond acceptors (Lipinski definition) is 3. The molecule has 0 aliphatic carbocycles. The van der Waals surface area contributed by atoms with Crippen LogP contribution in [0.15, 0.2) is 47.4 Å². The summed E-state index contributed by atoms with van der Waals surface area (Å²) in [5, 5.41) is 0. The number of benzene rings is 2. The van der Waals surface area contributed by atoms with Crippen LogP contribution in [0.25, 0.3) is 0 Å². The molecular formula is C20H25NO3S. The van der Waals surface area contributed by atoms with E-state index in [9.17, 15) is 13.2 Å². The fourth-order valence-electron chi connectivity index (χ4n) is 2.71. The van der Waals surface area contributed by atoms with E-state index in [0.717, 1.165) is 22.4 Å². The van der Waals surface area contributed by atoms with Gasteiger partial charge in [0.1, 0.15) is 0 Å². The highest BCUT2D eigenvalue weighted by atomic mass is 32.2. The molecule has 0 aliphatic heterocycles. The zero-order valence-corrected chi connectivity index (χ0v) is 16.1. The molecule has 0 aliphatic rings. The van der Waals surface area contributed by atoms with Gasteiger partial charge in [0.25, 0.3) is 0 Å². The standard InChI is InChI=1S/C20H25NO3S/c1-5-21(19-14-16(3)6-9-17(19)4)20(22)12-13-25(23,24)18-10-7-15(2)8-11-18/h6-11,14H,5,12-13H2,1-4H3. The van der Waals surface area contributed by atoms with Crippen molar-refractivity contribution in [1.82, 2.24) is 0 Å². The summed E-state index contributed by atoms with van der Waals surface area (Å²) < 4.78 is 24.9. The number of hydrogen-bond donors (Lipinski definition) is 0. The minimum atomic E-state index is -3.46. The molecule has 2 aromatic carbocycles. The Labute approximate surface area is 150 Å². The molecule has 4 nitrogen and oxygen atoms in total. The molecule has 2 rings (SSSR count). The molecule has 0 unspecified atom stereocenters. The normalized spacial score (nSPS) is 11.4. The van der Waals surface area contributed by atoms with Crippen molar-refractivity contribution in [3.8, 4) is 0 Å². The lowest BCUT2D eigenvalue weighted by Crippen LogP contribution is -2.32. The predicted molar refractivity (Wildman–Crippen MR) is 102 cm³/mol. The molecule has 0 fully saturated rings. The number of anilines is 1. The van der Waals surface area contributed by atoms with Crippen LogP contribution in [0.3, 0.4) is 0 Å². The largest absolute Gasteiger partial charge is 0.312 e. The molecule has 134 valence electrons. The predicted octanol–water partition coefficient (Wildman–Crippen LogP) is 3.83. The summed E-state index contributed by atoms with van der Waals surface area (Å²) in [6, 6.07) is 12.7. The molecule has 0 saturated carbocycles. The van der Waals surface area contributed by atoms with Crippen LogP contribution in [0.1, 0.15) is 30.0 Å². The third-order valence-corrected chi connectivity index (χ3v) is 5.97. The van der Waals surface area contributed by atoms with Gasteiger partial charge in [-0.3, -0.25) is 4.79 Å². The van der Waals surface area contributed by atoms with Crippen LogP contribution >= 0.6 is 0 Å². The number of carbonyl (C=O) groups excluding carboxylic acids is 1. The van der Waals surface area contributed by atoms with Crippen molar-refractivity contribution in [2.24, 2.45) is 0 Å². The Kier molecular flexibility index (Phi) is 6.01. The topological polar surface area (TPSA) is 54.5 Å². The van der Waals surface area contributed by atoms with E-state index in [2.05, 4.69) is 0 Å². The Bertz CT molecular complexity index is 855. The fourth-order valence-corrected chi connectivity index (χ4v) is 3.94. The van der Waals surface area contributed by atoms with Gasteiger partial charge in [-0.15, -0.1) is 0 Å². The molecule has 2 aromatic rings. The molecule has 0 radical (unpaired) electrons. The van der Waals surface area contributed by atoms with Gasteiger partial charge < -0.3 is 4.90 Å². The number of amides is 1. The van der Waals surface area contributed by atoms with Crippen molar-refractivity contribution < 1.29 is 13.2 Å². The molecule has 0 heterocycles. The van der Waals surface area contributed by atoms with Crippen molar-refractivity contribution in [2.45, 2.75) is 39.0 Å². The maximum Gasteiger partial charge on any atom is 0.228 e. The number of nitrogens with zero attached hydrogens (tertiary/aromatic N) is 1. The molecular weight excluding hydrogens is 334 g/mol. The number of rotatable bonds is 6. The number of sulfone groups is 1. The van der Waals surface area contributed by atoms with Crippen molar-refractivity contribution in [3.63, 3.8) is 0 Å². The zero-order chi connectivity index (χ0) is 18.6. The van der Waals surface area contributed by atoms with E-state index in [1.54, 1.807) is 29.2 Å². The lowest BCUT2D eigenvalue weighted by Gasteiger charge is -2.23. The van der Waals surface area contributed by atoms with Crippen LogP contribution in [-0.2, 0) is 14.6 Å². The molecule has 0 spiro atoms. The highest BCUT2D eigenvalue weighted by Crippen LogP contribution is 2.23. The summed E-state index contributed by atoms with van der Waals surface area (Å²) in [4.78, 5) is 14.6.